The monoisotopic (exact) mass is 287 g/mol. The van der Waals surface area contributed by atoms with Gasteiger partial charge in [-0.1, -0.05) is 30.3 Å². The second-order valence-electron chi connectivity index (χ2n) is 6.46. The summed E-state index contributed by atoms with van der Waals surface area (Å²) in [4.78, 5) is 24.5. The van der Waals surface area contributed by atoms with Gasteiger partial charge in [0, 0.05) is 6.42 Å². The summed E-state index contributed by atoms with van der Waals surface area (Å²) in [7, 11) is 0. The number of nitrogens with one attached hydrogen (secondary N) is 1. The third-order valence-electron chi connectivity index (χ3n) is 4.64. The molecular weight excluding hydrogens is 266 g/mol. The number of hydrogen-bond acceptors (Lipinski definition) is 3. The molecule has 2 aliphatic heterocycles. The fourth-order valence-corrected chi connectivity index (χ4v) is 4.21. The lowest BCUT2D eigenvalue weighted by Gasteiger charge is -2.49. The van der Waals surface area contributed by atoms with Crippen LogP contribution in [0.1, 0.15) is 44.6 Å². The highest BCUT2D eigenvalue weighted by Crippen LogP contribution is 2.51. The first-order valence-corrected chi connectivity index (χ1v) is 7.54. The molecule has 1 aromatic carbocycles. The van der Waals surface area contributed by atoms with Crippen molar-refractivity contribution in [1.82, 2.24) is 5.32 Å². The predicted molar refractivity (Wildman–Crippen MR) is 78.6 cm³/mol. The number of hydrogen-bond donors (Lipinski definition) is 1. The normalized spacial score (nSPS) is 36.6. The number of ether oxygens (including phenoxy) is 1. The Kier molecular flexibility index (Phi) is 3.57. The molecule has 3 unspecified atom stereocenters. The van der Waals surface area contributed by atoms with Crippen LogP contribution in [0.15, 0.2) is 30.3 Å². The van der Waals surface area contributed by atoms with E-state index >= 15 is 0 Å². The van der Waals surface area contributed by atoms with Gasteiger partial charge in [-0.3, -0.25) is 14.9 Å². The Morgan fingerprint density at radius 1 is 1.10 bits per heavy atom. The highest BCUT2D eigenvalue weighted by Gasteiger charge is 2.52. The smallest absolute Gasteiger partial charge is 0.234 e. The van der Waals surface area contributed by atoms with Gasteiger partial charge in [0.05, 0.1) is 18.1 Å². The standard InChI is InChI=1S/C17H21NO3/c1-11-8-17(9-12(2)21-11)10-14(19)18-16(20)15(17)13-6-4-3-5-7-13/h3-7,11-12,15H,8-10H2,1-2H3,(H,18,19,20). The van der Waals surface area contributed by atoms with Gasteiger partial charge in [0.2, 0.25) is 11.8 Å². The summed E-state index contributed by atoms with van der Waals surface area (Å²) in [5.41, 5.74) is 0.668. The SMILES string of the molecule is CC1CC2(CC(=O)NC(=O)C2c2ccccc2)CC(C)O1. The quantitative estimate of drug-likeness (QED) is 0.807. The molecule has 112 valence electrons. The van der Waals surface area contributed by atoms with Gasteiger partial charge < -0.3 is 4.74 Å². The van der Waals surface area contributed by atoms with Gasteiger partial charge in [0.15, 0.2) is 0 Å². The second-order valence-corrected chi connectivity index (χ2v) is 6.46. The van der Waals surface area contributed by atoms with E-state index in [-0.39, 0.29) is 35.4 Å². The summed E-state index contributed by atoms with van der Waals surface area (Å²) in [6.07, 6.45) is 2.03. The Bertz CT molecular complexity index is 544. The van der Waals surface area contributed by atoms with E-state index in [1.165, 1.54) is 0 Å². The lowest BCUT2D eigenvalue weighted by Crippen LogP contribution is -2.54. The van der Waals surface area contributed by atoms with Gasteiger partial charge in [-0.15, -0.1) is 0 Å². The summed E-state index contributed by atoms with van der Waals surface area (Å²) < 4.78 is 5.83. The van der Waals surface area contributed by atoms with Crippen LogP contribution in [0.3, 0.4) is 0 Å². The molecule has 1 aromatic rings. The van der Waals surface area contributed by atoms with Crippen molar-refractivity contribution < 1.29 is 14.3 Å². The zero-order valence-corrected chi connectivity index (χ0v) is 12.5. The number of carbonyl (C=O) groups is 2. The van der Waals surface area contributed by atoms with Gasteiger partial charge in [-0.25, -0.2) is 0 Å². The van der Waals surface area contributed by atoms with Crippen LogP contribution in [0.2, 0.25) is 0 Å². The molecular formula is C17H21NO3. The minimum Gasteiger partial charge on any atom is -0.376 e. The molecule has 0 saturated carbocycles. The van der Waals surface area contributed by atoms with E-state index < -0.39 is 0 Å². The molecule has 2 amide bonds. The summed E-state index contributed by atoms with van der Waals surface area (Å²) in [6.45, 7) is 4.05. The molecule has 2 saturated heterocycles. The molecule has 0 aliphatic carbocycles. The third-order valence-corrected chi connectivity index (χ3v) is 4.64. The van der Waals surface area contributed by atoms with E-state index in [1.54, 1.807) is 0 Å². The second kappa shape index (κ2) is 5.26. The summed E-state index contributed by atoms with van der Waals surface area (Å²) in [5.74, 6) is -0.600. The largest absolute Gasteiger partial charge is 0.376 e. The fourth-order valence-electron chi connectivity index (χ4n) is 4.21. The predicted octanol–water partition coefficient (Wildman–Crippen LogP) is 2.39. The van der Waals surface area contributed by atoms with Crippen LogP contribution < -0.4 is 5.32 Å². The maximum atomic E-state index is 12.5. The van der Waals surface area contributed by atoms with Crippen molar-refractivity contribution in [1.29, 1.82) is 0 Å². The maximum absolute atomic E-state index is 12.5. The van der Waals surface area contributed by atoms with Gasteiger partial charge in [0.25, 0.3) is 0 Å². The zero-order valence-electron chi connectivity index (χ0n) is 12.5. The number of benzene rings is 1. The van der Waals surface area contributed by atoms with E-state index in [4.69, 9.17) is 4.74 Å². The zero-order chi connectivity index (χ0) is 15.0. The minimum atomic E-state index is -0.322. The number of carbonyl (C=O) groups excluding carboxylic acids is 2. The first-order valence-electron chi connectivity index (χ1n) is 7.54. The lowest BCUT2D eigenvalue weighted by atomic mass is 9.61. The van der Waals surface area contributed by atoms with Crippen molar-refractivity contribution in [3.63, 3.8) is 0 Å². The van der Waals surface area contributed by atoms with Crippen LogP contribution in [0, 0.1) is 5.41 Å². The molecule has 21 heavy (non-hydrogen) atoms. The Morgan fingerprint density at radius 3 is 2.33 bits per heavy atom. The third kappa shape index (κ3) is 2.60. The minimum absolute atomic E-state index is 0.0682. The number of amides is 2. The van der Waals surface area contributed by atoms with Crippen LogP contribution in [0.25, 0.3) is 0 Å². The highest BCUT2D eigenvalue weighted by molar-refractivity contribution is 6.02. The highest BCUT2D eigenvalue weighted by atomic mass is 16.5. The first kappa shape index (κ1) is 14.3. The molecule has 4 heteroatoms. The lowest BCUT2D eigenvalue weighted by molar-refractivity contribution is -0.151. The molecule has 2 aliphatic rings. The van der Waals surface area contributed by atoms with Gasteiger partial charge in [0.1, 0.15) is 0 Å². The average molecular weight is 287 g/mol. The summed E-state index contributed by atoms with van der Waals surface area (Å²) in [6, 6.07) is 9.79. The molecule has 1 spiro atoms. The van der Waals surface area contributed by atoms with Crippen molar-refractivity contribution in [2.45, 2.75) is 51.2 Å². The van der Waals surface area contributed by atoms with E-state index in [9.17, 15) is 9.59 Å². The molecule has 2 heterocycles. The summed E-state index contributed by atoms with van der Waals surface area (Å²) in [5, 5.41) is 2.51. The first-order chi connectivity index (χ1) is 10.00. The van der Waals surface area contributed by atoms with Crippen LogP contribution in [-0.4, -0.2) is 24.0 Å². The van der Waals surface area contributed by atoms with Gasteiger partial charge >= 0.3 is 0 Å². The van der Waals surface area contributed by atoms with Crippen molar-refractivity contribution >= 4 is 11.8 Å². The number of rotatable bonds is 1. The topological polar surface area (TPSA) is 55.4 Å². The summed E-state index contributed by atoms with van der Waals surface area (Å²) >= 11 is 0. The molecule has 3 atom stereocenters. The van der Waals surface area contributed by atoms with E-state index in [0.29, 0.717) is 6.42 Å². The number of piperidine rings is 1. The van der Waals surface area contributed by atoms with Crippen molar-refractivity contribution in [3.8, 4) is 0 Å². The molecule has 3 rings (SSSR count). The van der Waals surface area contributed by atoms with Crippen LogP contribution >= 0.6 is 0 Å². The Balaban J connectivity index is 2.04. The van der Waals surface area contributed by atoms with Crippen LogP contribution in [-0.2, 0) is 14.3 Å². The number of imide groups is 1. The van der Waals surface area contributed by atoms with Crippen molar-refractivity contribution in [3.05, 3.63) is 35.9 Å². The Morgan fingerprint density at radius 2 is 1.71 bits per heavy atom. The average Bonchev–Trinajstić information content (AvgIpc) is 2.37. The van der Waals surface area contributed by atoms with Gasteiger partial charge in [-0.05, 0) is 37.7 Å². The molecule has 0 bridgehead atoms. The fraction of sp³-hybridized carbons (Fsp3) is 0.529. The van der Waals surface area contributed by atoms with Crippen molar-refractivity contribution in [2.75, 3.05) is 0 Å². The Labute approximate surface area is 124 Å². The van der Waals surface area contributed by atoms with Gasteiger partial charge in [-0.2, -0.15) is 0 Å². The van der Waals surface area contributed by atoms with Crippen molar-refractivity contribution in [2.24, 2.45) is 5.41 Å². The van der Waals surface area contributed by atoms with Crippen LogP contribution in [0.4, 0.5) is 0 Å². The molecule has 0 aromatic heterocycles. The molecule has 0 radical (unpaired) electrons. The molecule has 4 nitrogen and oxygen atoms in total. The van der Waals surface area contributed by atoms with E-state index in [0.717, 1.165) is 18.4 Å². The maximum Gasteiger partial charge on any atom is 0.234 e. The molecule has 1 N–H and O–H groups in total. The molecule has 2 fully saturated rings. The Hall–Kier alpha value is -1.68. The van der Waals surface area contributed by atoms with Crippen LogP contribution in [0.5, 0.6) is 0 Å². The van der Waals surface area contributed by atoms with E-state index in [2.05, 4.69) is 5.32 Å². The van der Waals surface area contributed by atoms with E-state index in [1.807, 2.05) is 44.2 Å².